The first-order chi connectivity index (χ1) is 16.9. The fraction of sp³-hybridized carbons (Fsp3) is 0.0800. The van der Waals surface area contributed by atoms with E-state index < -0.39 is 11.6 Å². The van der Waals surface area contributed by atoms with E-state index in [1.54, 1.807) is 22.8 Å². The van der Waals surface area contributed by atoms with Gasteiger partial charge in [-0.25, -0.2) is 13.8 Å². The van der Waals surface area contributed by atoms with Crippen molar-refractivity contribution in [3.63, 3.8) is 0 Å². The van der Waals surface area contributed by atoms with Crippen molar-refractivity contribution in [1.29, 1.82) is 0 Å². The molecule has 1 unspecified atom stereocenters. The van der Waals surface area contributed by atoms with Gasteiger partial charge < -0.3 is 4.90 Å². The Morgan fingerprint density at radius 3 is 2.43 bits per heavy atom. The molecule has 0 radical (unpaired) electrons. The molecular weight excluding hydrogens is 511 g/mol. The zero-order valence-corrected chi connectivity index (χ0v) is 20.5. The number of nitrogens with one attached hydrogen (secondary N) is 1. The number of hydrazone groups is 1. The summed E-state index contributed by atoms with van der Waals surface area (Å²) in [6.45, 7) is 0. The van der Waals surface area contributed by atoms with Gasteiger partial charge in [0.15, 0.2) is 11.7 Å². The summed E-state index contributed by atoms with van der Waals surface area (Å²) in [6.07, 6.45) is -0.335. The third kappa shape index (κ3) is 4.07. The van der Waals surface area contributed by atoms with Crippen molar-refractivity contribution in [3.8, 4) is 28.3 Å². The van der Waals surface area contributed by atoms with Crippen LogP contribution < -0.4 is 5.43 Å². The Labute approximate surface area is 215 Å². The monoisotopic (exact) mass is 527 g/mol. The van der Waals surface area contributed by atoms with Crippen LogP contribution in [0.4, 0.5) is 8.78 Å². The Bertz CT molecular complexity index is 1470. The highest BCUT2D eigenvalue weighted by molar-refractivity contribution is 7.79. The van der Waals surface area contributed by atoms with Crippen LogP contribution in [0.2, 0.25) is 10.0 Å². The second kappa shape index (κ2) is 9.37. The number of benzene rings is 3. The van der Waals surface area contributed by atoms with Crippen LogP contribution in [0.5, 0.6) is 0 Å². The van der Waals surface area contributed by atoms with Crippen LogP contribution in [0.1, 0.15) is 5.69 Å². The van der Waals surface area contributed by atoms with Crippen molar-refractivity contribution in [2.75, 3.05) is 7.05 Å². The van der Waals surface area contributed by atoms with Crippen molar-refractivity contribution in [3.05, 3.63) is 94.1 Å². The molecule has 0 saturated carbocycles. The van der Waals surface area contributed by atoms with Crippen molar-refractivity contribution in [2.24, 2.45) is 5.10 Å². The number of imidazole rings is 1. The number of amidine groups is 1. The van der Waals surface area contributed by atoms with Gasteiger partial charge in [-0.2, -0.15) is 5.10 Å². The largest absolute Gasteiger partial charge is 0.331 e. The number of hydrogen-bond acceptors (Lipinski definition) is 5. The van der Waals surface area contributed by atoms with E-state index in [-0.39, 0.29) is 21.9 Å². The van der Waals surface area contributed by atoms with Crippen LogP contribution in [-0.4, -0.2) is 38.9 Å². The summed E-state index contributed by atoms with van der Waals surface area (Å²) < 4.78 is 31.2. The van der Waals surface area contributed by atoms with Gasteiger partial charge in [0, 0.05) is 23.5 Å². The molecule has 35 heavy (non-hydrogen) atoms. The predicted molar refractivity (Wildman–Crippen MR) is 139 cm³/mol. The highest BCUT2D eigenvalue weighted by Crippen LogP contribution is 2.37. The molecule has 0 amide bonds. The van der Waals surface area contributed by atoms with Gasteiger partial charge >= 0.3 is 0 Å². The fourth-order valence-electron chi connectivity index (χ4n) is 3.93. The summed E-state index contributed by atoms with van der Waals surface area (Å²) in [5, 5.41) is 5.86. The Hall–Kier alpha value is -3.33. The van der Waals surface area contributed by atoms with Crippen LogP contribution in [-0.2, 0) is 0 Å². The molecule has 4 aromatic rings. The minimum Gasteiger partial charge on any atom is -0.331 e. The highest BCUT2D eigenvalue weighted by Gasteiger charge is 2.32. The molecule has 2 heterocycles. The number of nitrogens with zero attached hydrogens (tertiary/aromatic N) is 4. The van der Waals surface area contributed by atoms with Gasteiger partial charge in [-0.1, -0.05) is 71.8 Å². The number of thiocarbonyl (C=S) groups is 1. The second-order valence-corrected chi connectivity index (χ2v) is 8.88. The number of aromatic nitrogens is 2. The van der Waals surface area contributed by atoms with Gasteiger partial charge in [0.05, 0.1) is 21.4 Å². The lowest BCUT2D eigenvalue weighted by Crippen LogP contribution is -2.38. The van der Waals surface area contributed by atoms with Crippen LogP contribution >= 0.6 is 35.4 Å². The summed E-state index contributed by atoms with van der Waals surface area (Å²) in [7, 11) is 1.81. The Morgan fingerprint density at radius 2 is 1.74 bits per heavy atom. The Kier molecular flexibility index (Phi) is 6.27. The third-order valence-corrected chi connectivity index (χ3v) is 6.51. The molecule has 1 aliphatic rings. The molecule has 1 atom stereocenters. The quantitative estimate of drug-likeness (QED) is 0.309. The highest BCUT2D eigenvalue weighted by atomic mass is 35.5. The molecule has 1 N–H and O–H groups in total. The van der Waals surface area contributed by atoms with Crippen molar-refractivity contribution < 1.29 is 8.78 Å². The van der Waals surface area contributed by atoms with Crippen molar-refractivity contribution in [2.45, 2.75) is 6.17 Å². The first-order valence-electron chi connectivity index (χ1n) is 10.5. The topological polar surface area (TPSA) is 45.5 Å². The molecule has 0 saturated heterocycles. The molecule has 0 aliphatic carbocycles. The van der Waals surface area contributed by atoms with Crippen molar-refractivity contribution in [1.82, 2.24) is 19.9 Å². The molecule has 5 nitrogen and oxygen atoms in total. The molecular formula is C25H17Cl2F2N5S. The molecule has 0 spiro atoms. The van der Waals surface area contributed by atoms with E-state index in [0.717, 1.165) is 5.56 Å². The van der Waals surface area contributed by atoms with Gasteiger partial charge in [0.25, 0.3) is 0 Å². The Balaban J connectivity index is 1.89. The lowest BCUT2D eigenvalue weighted by molar-refractivity contribution is 0.446. The predicted octanol–water partition coefficient (Wildman–Crippen LogP) is 6.31. The van der Waals surface area contributed by atoms with E-state index in [4.69, 9.17) is 40.4 Å². The van der Waals surface area contributed by atoms with Crippen LogP contribution in [0.15, 0.2) is 71.8 Å². The maximum absolute atomic E-state index is 15.5. The molecule has 176 valence electrons. The number of halogens is 4. The smallest absolute Gasteiger partial charge is 0.178 e. The number of hydrogen-bond donors (Lipinski definition) is 1. The van der Waals surface area contributed by atoms with E-state index >= 15 is 4.39 Å². The average molecular weight is 528 g/mol. The Morgan fingerprint density at radius 1 is 0.971 bits per heavy atom. The normalized spacial score (nSPS) is 15.2. The van der Waals surface area contributed by atoms with Gasteiger partial charge in [-0.15, -0.1) is 0 Å². The molecule has 5 rings (SSSR count). The SMILES string of the molecule is CN1C(c2nc(-c3ccccc3)n(-c3cccc(Cl)c3F)c2-c2ccc(F)c(Cl)c2)=NNC1C=S. The first kappa shape index (κ1) is 23.4. The minimum atomic E-state index is -0.624. The summed E-state index contributed by atoms with van der Waals surface area (Å²) >= 11 is 17.4. The standard InChI is InChI=1S/C25H17Cl2F2N5S/c1-33-20(13-35)31-32-25(33)22-23(15-10-11-18(28)17(27)12-15)34(19-9-5-8-16(26)21(19)29)24(30-22)14-6-3-2-4-7-14/h2-13,20,31H,1H3. The van der Waals surface area contributed by atoms with E-state index in [1.807, 2.05) is 42.3 Å². The molecule has 0 bridgehead atoms. The minimum absolute atomic E-state index is 0.0439. The van der Waals surface area contributed by atoms with Crippen LogP contribution in [0.25, 0.3) is 28.3 Å². The lowest BCUT2D eigenvalue weighted by atomic mass is 10.1. The summed E-state index contributed by atoms with van der Waals surface area (Å²) in [5.41, 5.74) is 5.27. The first-order valence-corrected chi connectivity index (χ1v) is 11.7. The maximum atomic E-state index is 15.5. The van der Waals surface area contributed by atoms with Gasteiger partial charge in [-0.05, 0) is 30.3 Å². The van der Waals surface area contributed by atoms with E-state index in [2.05, 4.69) is 10.5 Å². The van der Waals surface area contributed by atoms with Crippen LogP contribution in [0.3, 0.4) is 0 Å². The van der Waals surface area contributed by atoms with Crippen LogP contribution in [0, 0.1) is 11.6 Å². The summed E-state index contributed by atoms with van der Waals surface area (Å²) in [4.78, 5) is 6.73. The fourth-order valence-corrected chi connectivity index (χ4v) is 4.53. The van der Waals surface area contributed by atoms with Gasteiger partial charge in [0.1, 0.15) is 23.5 Å². The average Bonchev–Trinajstić information content (AvgIpc) is 3.43. The zero-order chi connectivity index (χ0) is 24.7. The summed E-state index contributed by atoms with van der Waals surface area (Å²) in [5.74, 6) is -0.275. The molecule has 1 aromatic heterocycles. The maximum Gasteiger partial charge on any atom is 0.178 e. The van der Waals surface area contributed by atoms with E-state index in [1.165, 1.54) is 23.6 Å². The lowest BCUT2D eigenvalue weighted by Gasteiger charge is -2.19. The van der Waals surface area contributed by atoms with E-state index in [9.17, 15) is 4.39 Å². The van der Waals surface area contributed by atoms with E-state index in [0.29, 0.717) is 28.6 Å². The van der Waals surface area contributed by atoms with Gasteiger partial charge in [-0.3, -0.25) is 9.99 Å². The molecule has 0 fully saturated rings. The number of rotatable bonds is 5. The zero-order valence-electron chi connectivity index (χ0n) is 18.2. The van der Waals surface area contributed by atoms with Crippen molar-refractivity contribution >= 4 is 46.6 Å². The molecule has 10 heteroatoms. The third-order valence-electron chi connectivity index (χ3n) is 5.67. The molecule has 3 aromatic carbocycles. The van der Waals surface area contributed by atoms with Gasteiger partial charge in [0.2, 0.25) is 0 Å². The second-order valence-electron chi connectivity index (χ2n) is 7.79. The summed E-state index contributed by atoms with van der Waals surface area (Å²) in [6, 6.07) is 18.4. The molecule has 1 aliphatic heterocycles.